The highest BCUT2D eigenvalue weighted by Crippen LogP contribution is 2.40. The van der Waals surface area contributed by atoms with E-state index in [9.17, 15) is 9.59 Å². The van der Waals surface area contributed by atoms with Crippen LogP contribution in [0, 0.1) is 6.92 Å². The lowest BCUT2D eigenvalue weighted by Gasteiger charge is -2.37. The molecular formula is C35H45NO5. The zero-order valence-electron chi connectivity index (χ0n) is 25.5. The van der Waals surface area contributed by atoms with E-state index in [-0.39, 0.29) is 5.60 Å². The average molecular weight is 560 g/mol. The predicted octanol–water partition coefficient (Wildman–Crippen LogP) is 9.57. The van der Waals surface area contributed by atoms with Crippen molar-refractivity contribution in [2.75, 3.05) is 0 Å². The van der Waals surface area contributed by atoms with Gasteiger partial charge in [0.15, 0.2) is 0 Å². The minimum atomic E-state index is -0.902. The van der Waals surface area contributed by atoms with E-state index in [4.69, 9.17) is 14.2 Å². The van der Waals surface area contributed by atoms with E-state index >= 15 is 0 Å². The number of ether oxygens (including phenoxy) is 3. The summed E-state index contributed by atoms with van der Waals surface area (Å²) >= 11 is 0. The van der Waals surface area contributed by atoms with Gasteiger partial charge in [-0.1, -0.05) is 53.1 Å². The first-order valence-electron chi connectivity index (χ1n) is 14.6. The van der Waals surface area contributed by atoms with Crippen LogP contribution in [0.25, 0.3) is 0 Å². The summed E-state index contributed by atoms with van der Waals surface area (Å²) in [6, 6.07) is 12.1. The SMILES string of the molecule is CC(C)=CCC/C(C)=C/CC/C(C)=C/CC[C@]1(C)CCc2cc(OC(=O)NC(=O)Oc3ccccc3)cc(C)c2O1. The zero-order chi connectivity index (χ0) is 29.8. The summed E-state index contributed by atoms with van der Waals surface area (Å²) in [5, 5.41) is 2.09. The Hall–Kier alpha value is -3.80. The van der Waals surface area contributed by atoms with Crippen molar-refractivity contribution in [2.24, 2.45) is 0 Å². The monoisotopic (exact) mass is 559 g/mol. The molecule has 2 aromatic rings. The Morgan fingerprint density at radius 3 is 2.15 bits per heavy atom. The van der Waals surface area contributed by atoms with Crippen molar-refractivity contribution in [3.8, 4) is 17.2 Å². The van der Waals surface area contributed by atoms with E-state index in [0.717, 1.165) is 68.2 Å². The molecule has 0 saturated heterocycles. The first-order chi connectivity index (χ1) is 19.5. The van der Waals surface area contributed by atoms with Crippen LogP contribution in [0.3, 0.4) is 0 Å². The summed E-state index contributed by atoms with van der Waals surface area (Å²) < 4.78 is 17.0. The molecule has 0 aliphatic carbocycles. The lowest BCUT2D eigenvalue weighted by atomic mass is 9.87. The number of para-hydroxylation sites is 1. The highest BCUT2D eigenvalue weighted by molar-refractivity contribution is 5.89. The second-order valence-electron chi connectivity index (χ2n) is 11.5. The van der Waals surface area contributed by atoms with Crippen LogP contribution in [0.4, 0.5) is 9.59 Å². The van der Waals surface area contributed by atoms with E-state index < -0.39 is 12.2 Å². The molecule has 3 rings (SSSR count). The maximum absolute atomic E-state index is 12.3. The molecule has 0 spiro atoms. The molecule has 1 N–H and O–H groups in total. The Morgan fingerprint density at radius 2 is 1.49 bits per heavy atom. The Balaban J connectivity index is 1.47. The minimum absolute atomic E-state index is 0.253. The molecule has 6 heteroatoms. The molecular weight excluding hydrogens is 514 g/mol. The van der Waals surface area contributed by atoms with Crippen LogP contribution < -0.4 is 19.5 Å². The van der Waals surface area contributed by atoms with Gasteiger partial charge in [-0.05, 0) is 128 Å². The van der Waals surface area contributed by atoms with Crippen LogP contribution >= 0.6 is 0 Å². The minimum Gasteiger partial charge on any atom is -0.487 e. The number of nitrogens with one attached hydrogen (secondary N) is 1. The zero-order valence-corrected chi connectivity index (χ0v) is 25.5. The Labute approximate surface area is 245 Å². The number of allylic oxidation sites excluding steroid dienone is 6. The third-order valence-electron chi connectivity index (χ3n) is 7.25. The molecule has 220 valence electrons. The van der Waals surface area contributed by atoms with Gasteiger partial charge in [-0.25, -0.2) is 14.9 Å². The van der Waals surface area contributed by atoms with Gasteiger partial charge in [0.2, 0.25) is 0 Å². The van der Waals surface area contributed by atoms with Gasteiger partial charge in [0.05, 0.1) is 0 Å². The van der Waals surface area contributed by atoms with Crippen LogP contribution in [0.5, 0.6) is 17.2 Å². The number of benzene rings is 2. The predicted molar refractivity (Wildman–Crippen MR) is 165 cm³/mol. The summed E-state index contributed by atoms with van der Waals surface area (Å²) in [4.78, 5) is 24.2. The lowest BCUT2D eigenvalue weighted by molar-refractivity contribution is 0.0561. The van der Waals surface area contributed by atoms with Gasteiger partial charge in [-0.2, -0.15) is 0 Å². The number of aryl methyl sites for hydroxylation is 2. The Kier molecular flexibility index (Phi) is 11.8. The third-order valence-corrected chi connectivity index (χ3v) is 7.25. The Morgan fingerprint density at radius 1 is 0.878 bits per heavy atom. The molecule has 0 aromatic heterocycles. The van der Waals surface area contributed by atoms with Crippen molar-refractivity contribution in [3.63, 3.8) is 0 Å². The fourth-order valence-corrected chi connectivity index (χ4v) is 4.87. The van der Waals surface area contributed by atoms with E-state index in [1.165, 1.54) is 16.7 Å². The second kappa shape index (κ2) is 15.3. The van der Waals surface area contributed by atoms with Crippen molar-refractivity contribution in [2.45, 2.75) is 98.5 Å². The van der Waals surface area contributed by atoms with Gasteiger partial charge in [0.1, 0.15) is 22.8 Å². The highest BCUT2D eigenvalue weighted by Gasteiger charge is 2.32. The van der Waals surface area contributed by atoms with Crippen LogP contribution in [-0.4, -0.2) is 17.8 Å². The Bertz CT molecular complexity index is 1290. The van der Waals surface area contributed by atoms with Crippen molar-refractivity contribution in [1.29, 1.82) is 0 Å². The normalized spacial score (nSPS) is 16.7. The summed E-state index contributed by atoms with van der Waals surface area (Å²) in [6.07, 6.45) is 13.2. The average Bonchev–Trinajstić information content (AvgIpc) is 2.89. The number of imide groups is 1. The topological polar surface area (TPSA) is 73.9 Å². The number of carbonyl (C=O) groups is 2. The lowest BCUT2D eigenvalue weighted by Crippen LogP contribution is -2.37. The molecule has 0 bridgehead atoms. The molecule has 1 atom stereocenters. The highest BCUT2D eigenvalue weighted by atomic mass is 16.6. The van der Waals surface area contributed by atoms with Gasteiger partial charge < -0.3 is 14.2 Å². The summed E-state index contributed by atoms with van der Waals surface area (Å²) in [6.45, 7) is 12.9. The van der Waals surface area contributed by atoms with E-state index in [2.05, 4.69) is 58.2 Å². The number of amides is 2. The number of hydrogen-bond donors (Lipinski definition) is 1. The molecule has 2 amide bonds. The van der Waals surface area contributed by atoms with Crippen LogP contribution in [0.15, 0.2) is 77.4 Å². The van der Waals surface area contributed by atoms with Crippen molar-refractivity contribution >= 4 is 12.2 Å². The molecule has 1 heterocycles. The summed E-state index contributed by atoms with van der Waals surface area (Å²) in [5.41, 5.74) is 5.90. The van der Waals surface area contributed by atoms with Crippen LogP contribution in [0.1, 0.15) is 90.7 Å². The maximum Gasteiger partial charge on any atom is 0.422 e. The molecule has 6 nitrogen and oxygen atoms in total. The quantitative estimate of drug-likeness (QED) is 0.278. The fraction of sp³-hybridized carbons (Fsp3) is 0.429. The van der Waals surface area contributed by atoms with E-state index in [0.29, 0.717) is 11.5 Å². The van der Waals surface area contributed by atoms with E-state index in [1.807, 2.05) is 13.0 Å². The summed E-state index contributed by atoms with van der Waals surface area (Å²) in [7, 11) is 0. The summed E-state index contributed by atoms with van der Waals surface area (Å²) in [5.74, 6) is 1.55. The van der Waals surface area contributed by atoms with E-state index in [1.54, 1.807) is 36.4 Å². The van der Waals surface area contributed by atoms with Crippen molar-refractivity contribution < 1.29 is 23.8 Å². The maximum atomic E-state index is 12.3. The van der Waals surface area contributed by atoms with Gasteiger partial charge in [0, 0.05) is 0 Å². The molecule has 0 radical (unpaired) electrons. The molecule has 0 fully saturated rings. The molecule has 1 aliphatic heterocycles. The second-order valence-corrected chi connectivity index (χ2v) is 11.5. The van der Waals surface area contributed by atoms with Gasteiger partial charge in [-0.15, -0.1) is 0 Å². The third kappa shape index (κ3) is 10.9. The molecule has 2 aromatic carbocycles. The van der Waals surface area contributed by atoms with Crippen molar-refractivity contribution in [1.82, 2.24) is 5.32 Å². The molecule has 1 aliphatic rings. The van der Waals surface area contributed by atoms with Gasteiger partial charge in [0.25, 0.3) is 0 Å². The number of rotatable bonds is 11. The first kappa shape index (κ1) is 31.7. The first-order valence-corrected chi connectivity index (χ1v) is 14.6. The molecule has 0 unspecified atom stereocenters. The standard InChI is InChI=1S/C35H45NO5/c1-25(2)13-10-14-26(3)15-11-16-27(4)17-12-21-35(6)22-20-29-24-31(23-28(5)32(29)41-35)40-34(38)36-33(37)39-30-18-8-7-9-19-30/h7-9,13,15,17-19,23-24H,10-12,14,16,20-22H2,1-6H3,(H,36,37,38)/b26-15+,27-17+/t35-/m1/s1. The van der Waals surface area contributed by atoms with Crippen LogP contribution in [0.2, 0.25) is 0 Å². The smallest absolute Gasteiger partial charge is 0.422 e. The largest absolute Gasteiger partial charge is 0.487 e. The van der Waals surface area contributed by atoms with Gasteiger partial charge >= 0.3 is 12.2 Å². The van der Waals surface area contributed by atoms with Crippen LogP contribution in [-0.2, 0) is 6.42 Å². The number of carbonyl (C=O) groups excluding carboxylic acids is 2. The number of fused-ring (bicyclic) bond motifs is 1. The van der Waals surface area contributed by atoms with Gasteiger partial charge in [-0.3, -0.25) is 0 Å². The fourth-order valence-electron chi connectivity index (χ4n) is 4.87. The molecule has 0 saturated carbocycles. The molecule has 41 heavy (non-hydrogen) atoms. The number of hydrogen-bond acceptors (Lipinski definition) is 5. The van der Waals surface area contributed by atoms with Crippen molar-refractivity contribution in [3.05, 3.63) is 88.5 Å².